The van der Waals surface area contributed by atoms with E-state index in [0.29, 0.717) is 11.1 Å². The monoisotopic (exact) mass is 318 g/mol. The van der Waals surface area contributed by atoms with Gasteiger partial charge < -0.3 is 10.7 Å². The lowest BCUT2D eigenvalue weighted by Crippen LogP contribution is -2.18. The molecule has 4 rings (SSSR count). The molecule has 1 aromatic heterocycles. The molecule has 0 fully saturated rings. The zero-order valence-electron chi connectivity index (χ0n) is 12.7. The van der Waals surface area contributed by atoms with E-state index in [0.717, 1.165) is 27.7 Å². The number of hydrogen-bond donors (Lipinski definition) is 3. The Labute approximate surface area is 137 Å². The number of nitrogens with zero attached hydrogens (tertiary/aromatic N) is 1. The van der Waals surface area contributed by atoms with Crippen molar-refractivity contribution in [3.63, 3.8) is 0 Å². The molecule has 2 aromatic carbocycles. The highest BCUT2D eigenvalue weighted by Gasteiger charge is 2.22. The number of benzene rings is 2. The van der Waals surface area contributed by atoms with Crippen LogP contribution < -0.4 is 11.2 Å². The van der Waals surface area contributed by atoms with Crippen LogP contribution in [0.15, 0.2) is 47.6 Å². The summed E-state index contributed by atoms with van der Waals surface area (Å²) in [5.74, 6) is -0.748. The minimum absolute atomic E-state index is 0.0755. The van der Waals surface area contributed by atoms with Gasteiger partial charge in [0.1, 0.15) is 0 Å². The van der Waals surface area contributed by atoms with Crippen molar-refractivity contribution in [3.05, 3.63) is 59.2 Å². The van der Waals surface area contributed by atoms with Crippen LogP contribution in [0.1, 0.15) is 21.5 Å². The summed E-state index contributed by atoms with van der Waals surface area (Å²) in [4.78, 5) is 26.9. The topological polar surface area (TPSA) is 100 Å². The number of amides is 2. The first-order chi connectivity index (χ1) is 11.6. The van der Waals surface area contributed by atoms with Gasteiger partial charge in [0.15, 0.2) is 0 Å². The Morgan fingerprint density at radius 2 is 1.96 bits per heavy atom. The van der Waals surface area contributed by atoms with E-state index < -0.39 is 5.91 Å². The molecule has 0 saturated carbocycles. The van der Waals surface area contributed by atoms with Gasteiger partial charge in [-0.3, -0.25) is 9.59 Å². The first kappa shape index (κ1) is 14.2. The quantitative estimate of drug-likeness (QED) is 0.687. The van der Waals surface area contributed by atoms with Gasteiger partial charge in [-0.05, 0) is 23.3 Å². The summed E-state index contributed by atoms with van der Waals surface area (Å²) in [5, 5.41) is 4.80. The van der Waals surface area contributed by atoms with E-state index in [-0.39, 0.29) is 12.3 Å². The fourth-order valence-electron chi connectivity index (χ4n) is 3.08. The van der Waals surface area contributed by atoms with Crippen LogP contribution in [0.2, 0.25) is 0 Å². The zero-order valence-corrected chi connectivity index (χ0v) is 12.7. The molecule has 0 aliphatic carbocycles. The van der Waals surface area contributed by atoms with E-state index in [1.54, 1.807) is 12.3 Å². The number of aromatic amines is 1. The van der Waals surface area contributed by atoms with Crippen LogP contribution in [0.5, 0.6) is 0 Å². The van der Waals surface area contributed by atoms with Crippen molar-refractivity contribution in [2.45, 2.75) is 6.42 Å². The van der Waals surface area contributed by atoms with Gasteiger partial charge in [0, 0.05) is 16.5 Å². The molecular formula is C18H14N4O2. The van der Waals surface area contributed by atoms with Gasteiger partial charge in [0.05, 0.1) is 23.9 Å². The zero-order chi connectivity index (χ0) is 16.7. The number of nitrogens with one attached hydrogen (secondary N) is 2. The molecule has 1 aliphatic rings. The van der Waals surface area contributed by atoms with E-state index in [1.807, 2.05) is 36.4 Å². The molecule has 0 bridgehead atoms. The Balaban J connectivity index is 2.03. The minimum Gasteiger partial charge on any atom is -0.369 e. The maximum absolute atomic E-state index is 12.3. The Morgan fingerprint density at radius 3 is 2.71 bits per heavy atom. The number of rotatable bonds is 3. The normalized spacial score (nSPS) is 12.9. The minimum atomic E-state index is -0.443. The molecule has 2 amide bonds. The average Bonchev–Trinajstić information content (AvgIpc) is 2.84. The molecular weight excluding hydrogens is 304 g/mol. The van der Waals surface area contributed by atoms with Gasteiger partial charge in [-0.25, -0.2) is 5.43 Å². The molecule has 6 nitrogen and oxygen atoms in total. The van der Waals surface area contributed by atoms with Gasteiger partial charge in [-0.1, -0.05) is 30.3 Å². The number of aromatic nitrogens is 1. The number of carbonyl (C=O) groups excluding carboxylic acids is 2. The molecule has 0 saturated heterocycles. The Morgan fingerprint density at radius 1 is 1.17 bits per heavy atom. The Bertz CT molecular complexity index is 1000. The van der Waals surface area contributed by atoms with Crippen molar-refractivity contribution in [1.29, 1.82) is 0 Å². The van der Waals surface area contributed by atoms with Gasteiger partial charge >= 0.3 is 0 Å². The second kappa shape index (κ2) is 5.34. The lowest BCUT2D eigenvalue weighted by atomic mass is 9.99. The summed E-state index contributed by atoms with van der Waals surface area (Å²) in [7, 11) is 0. The summed E-state index contributed by atoms with van der Waals surface area (Å²) >= 11 is 0. The number of primary amides is 1. The SMILES string of the molecule is NC(=O)Cc1cc2c3c(c(-c4ccccc4)[nH]c3c1)C=NNC2=O. The second-order valence-corrected chi connectivity index (χ2v) is 5.69. The summed E-state index contributed by atoms with van der Waals surface area (Å²) in [6, 6.07) is 13.4. The maximum Gasteiger partial charge on any atom is 0.272 e. The van der Waals surface area contributed by atoms with Crippen molar-refractivity contribution in [2.75, 3.05) is 0 Å². The molecule has 6 heteroatoms. The number of hydrogen-bond acceptors (Lipinski definition) is 3. The van der Waals surface area contributed by atoms with Crippen LogP contribution in [0, 0.1) is 0 Å². The highest BCUT2D eigenvalue weighted by molar-refractivity contribution is 6.17. The van der Waals surface area contributed by atoms with Crippen molar-refractivity contribution >= 4 is 28.9 Å². The summed E-state index contributed by atoms with van der Waals surface area (Å²) in [6.07, 6.45) is 1.72. The molecule has 3 aromatic rings. The lowest BCUT2D eigenvalue weighted by Gasteiger charge is -2.04. The summed E-state index contributed by atoms with van der Waals surface area (Å²) in [6.45, 7) is 0. The number of hydrazone groups is 1. The van der Waals surface area contributed by atoms with Crippen LogP contribution in [0.3, 0.4) is 0 Å². The van der Waals surface area contributed by atoms with Crippen LogP contribution in [-0.4, -0.2) is 23.0 Å². The van der Waals surface area contributed by atoms with Gasteiger partial charge in [-0.2, -0.15) is 5.10 Å². The van der Waals surface area contributed by atoms with Crippen LogP contribution in [0.4, 0.5) is 0 Å². The predicted octanol–water partition coefficient (Wildman–Crippen LogP) is 1.94. The fourth-order valence-corrected chi connectivity index (χ4v) is 3.08. The van der Waals surface area contributed by atoms with E-state index >= 15 is 0 Å². The Kier molecular flexibility index (Phi) is 3.16. The van der Waals surface area contributed by atoms with E-state index in [9.17, 15) is 9.59 Å². The number of H-pyrrole nitrogens is 1. The number of carbonyl (C=O) groups is 2. The molecule has 2 heterocycles. The van der Waals surface area contributed by atoms with Crippen LogP contribution >= 0.6 is 0 Å². The predicted molar refractivity (Wildman–Crippen MR) is 91.7 cm³/mol. The second-order valence-electron chi connectivity index (χ2n) is 5.69. The molecule has 118 valence electrons. The third kappa shape index (κ3) is 2.25. The standard InChI is InChI=1S/C18H14N4O2/c19-15(23)8-10-6-12-16-13(9-20-22-18(12)24)17(21-14(16)7-10)11-4-2-1-3-5-11/h1-7,9,21H,8H2,(H2,19,23)(H,22,24). The van der Waals surface area contributed by atoms with Crippen molar-refractivity contribution in [1.82, 2.24) is 10.4 Å². The van der Waals surface area contributed by atoms with E-state index in [1.165, 1.54) is 0 Å². The summed E-state index contributed by atoms with van der Waals surface area (Å²) < 4.78 is 0. The van der Waals surface area contributed by atoms with Crippen LogP contribution in [-0.2, 0) is 11.2 Å². The summed E-state index contributed by atoms with van der Waals surface area (Å²) in [5.41, 5.74) is 12.5. The highest BCUT2D eigenvalue weighted by atomic mass is 16.2. The van der Waals surface area contributed by atoms with Crippen molar-refractivity contribution < 1.29 is 9.59 Å². The highest BCUT2D eigenvalue weighted by Crippen LogP contribution is 2.33. The molecule has 1 aliphatic heterocycles. The van der Waals surface area contributed by atoms with Crippen LogP contribution in [0.25, 0.3) is 22.2 Å². The first-order valence-corrected chi connectivity index (χ1v) is 7.49. The smallest absolute Gasteiger partial charge is 0.272 e. The van der Waals surface area contributed by atoms with Crippen molar-refractivity contribution in [3.8, 4) is 11.3 Å². The third-order valence-corrected chi connectivity index (χ3v) is 4.04. The third-order valence-electron chi connectivity index (χ3n) is 4.04. The maximum atomic E-state index is 12.3. The number of nitrogens with two attached hydrogens (primary N) is 1. The van der Waals surface area contributed by atoms with Crippen molar-refractivity contribution in [2.24, 2.45) is 10.8 Å². The molecule has 0 radical (unpaired) electrons. The molecule has 24 heavy (non-hydrogen) atoms. The largest absolute Gasteiger partial charge is 0.369 e. The lowest BCUT2D eigenvalue weighted by molar-refractivity contribution is -0.117. The first-order valence-electron chi connectivity index (χ1n) is 7.49. The molecule has 0 atom stereocenters. The van der Waals surface area contributed by atoms with Gasteiger partial charge in [0.25, 0.3) is 5.91 Å². The van der Waals surface area contributed by atoms with E-state index in [2.05, 4.69) is 15.5 Å². The fraction of sp³-hybridized carbons (Fsp3) is 0.0556. The Hall–Kier alpha value is -3.41. The van der Waals surface area contributed by atoms with E-state index in [4.69, 9.17) is 5.73 Å². The van der Waals surface area contributed by atoms with Gasteiger partial charge in [-0.15, -0.1) is 0 Å². The van der Waals surface area contributed by atoms with Gasteiger partial charge in [0.2, 0.25) is 5.91 Å². The average molecular weight is 318 g/mol. The molecule has 0 spiro atoms. The molecule has 0 unspecified atom stereocenters. The molecule has 4 N–H and O–H groups in total.